The summed E-state index contributed by atoms with van der Waals surface area (Å²) in [5.74, 6) is 0. The summed E-state index contributed by atoms with van der Waals surface area (Å²) < 4.78 is 5.88. The number of morpholine rings is 1. The molecule has 0 aromatic carbocycles. The third-order valence-electron chi connectivity index (χ3n) is 4.09. The van der Waals surface area contributed by atoms with E-state index in [0.717, 1.165) is 19.6 Å². The second kappa shape index (κ2) is 5.48. The van der Waals surface area contributed by atoms with E-state index in [9.17, 15) is 0 Å². The first-order chi connectivity index (χ1) is 7.70. The number of fused-ring (bicyclic) bond motifs is 2. The van der Waals surface area contributed by atoms with Gasteiger partial charge >= 0.3 is 0 Å². The van der Waals surface area contributed by atoms with Crippen molar-refractivity contribution >= 4 is 0 Å². The molecule has 16 heavy (non-hydrogen) atoms. The summed E-state index contributed by atoms with van der Waals surface area (Å²) in [4.78, 5) is 2.61. The van der Waals surface area contributed by atoms with Crippen LogP contribution in [-0.2, 0) is 4.74 Å². The van der Waals surface area contributed by atoms with Crippen molar-refractivity contribution in [2.45, 2.75) is 64.3 Å². The van der Waals surface area contributed by atoms with E-state index in [1.165, 1.54) is 19.3 Å². The quantitative estimate of drug-likeness (QED) is 0.771. The Labute approximate surface area is 99.5 Å². The van der Waals surface area contributed by atoms with Crippen LogP contribution in [0.25, 0.3) is 0 Å². The molecule has 4 unspecified atom stereocenters. The molecule has 2 heterocycles. The van der Waals surface area contributed by atoms with E-state index >= 15 is 0 Å². The minimum absolute atomic E-state index is 0.513. The van der Waals surface area contributed by atoms with Gasteiger partial charge in [-0.05, 0) is 39.7 Å². The van der Waals surface area contributed by atoms with Gasteiger partial charge in [-0.1, -0.05) is 6.92 Å². The predicted molar refractivity (Wildman–Crippen MR) is 66.7 cm³/mol. The summed E-state index contributed by atoms with van der Waals surface area (Å²) in [7, 11) is 0. The Bertz CT molecular complexity index is 210. The molecule has 2 fully saturated rings. The average Bonchev–Trinajstić information content (AvgIpc) is 2.64. The van der Waals surface area contributed by atoms with E-state index in [4.69, 9.17) is 4.74 Å². The highest BCUT2D eigenvalue weighted by Crippen LogP contribution is 2.27. The standard InChI is InChI=1S/C13H26N2O/c1-4-7-14-10(2)11(3)15-8-12-5-6-13(9-15)16-12/h10-14H,4-9H2,1-3H3. The van der Waals surface area contributed by atoms with Crippen molar-refractivity contribution in [2.24, 2.45) is 0 Å². The Morgan fingerprint density at radius 3 is 2.44 bits per heavy atom. The predicted octanol–water partition coefficient (Wildman–Crippen LogP) is 1.63. The van der Waals surface area contributed by atoms with Crippen LogP contribution < -0.4 is 5.32 Å². The van der Waals surface area contributed by atoms with Gasteiger partial charge in [0, 0.05) is 25.2 Å². The lowest BCUT2D eigenvalue weighted by Crippen LogP contribution is -2.53. The van der Waals surface area contributed by atoms with Crippen LogP contribution >= 0.6 is 0 Å². The Morgan fingerprint density at radius 1 is 1.25 bits per heavy atom. The molecule has 2 rings (SSSR count). The minimum Gasteiger partial charge on any atom is -0.372 e. The zero-order valence-electron chi connectivity index (χ0n) is 10.9. The van der Waals surface area contributed by atoms with E-state index in [2.05, 4.69) is 31.0 Å². The average molecular weight is 226 g/mol. The molecule has 2 aliphatic rings. The molecular weight excluding hydrogens is 200 g/mol. The number of nitrogens with one attached hydrogen (secondary N) is 1. The molecule has 2 aliphatic heterocycles. The molecule has 0 saturated carbocycles. The number of likely N-dealkylation sites (tertiary alicyclic amines) is 1. The molecule has 0 amide bonds. The maximum Gasteiger partial charge on any atom is 0.0707 e. The van der Waals surface area contributed by atoms with Crippen molar-refractivity contribution in [3.8, 4) is 0 Å². The maximum atomic E-state index is 5.88. The van der Waals surface area contributed by atoms with Crippen LogP contribution in [0.4, 0.5) is 0 Å². The molecule has 0 aliphatic carbocycles. The van der Waals surface area contributed by atoms with Crippen molar-refractivity contribution in [3.05, 3.63) is 0 Å². The Kier molecular flexibility index (Phi) is 4.22. The van der Waals surface area contributed by atoms with Gasteiger partial charge in [0.2, 0.25) is 0 Å². The monoisotopic (exact) mass is 226 g/mol. The molecule has 2 bridgehead atoms. The number of rotatable bonds is 5. The third kappa shape index (κ3) is 2.76. The first-order valence-corrected chi connectivity index (χ1v) is 6.83. The molecular formula is C13H26N2O. The zero-order valence-corrected chi connectivity index (χ0v) is 10.9. The largest absolute Gasteiger partial charge is 0.372 e. The van der Waals surface area contributed by atoms with Gasteiger partial charge in [0.05, 0.1) is 12.2 Å². The highest BCUT2D eigenvalue weighted by atomic mass is 16.5. The van der Waals surface area contributed by atoms with Crippen molar-refractivity contribution < 1.29 is 4.74 Å². The fourth-order valence-electron chi connectivity index (χ4n) is 2.84. The van der Waals surface area contributed by atoms with Gasteiger partial charge in [-0.2, -0.15) is 0 Å². The summed E-state index contributed by atoms with van der Waals surface area (Å²) in [6.07, 6.45) is 4.78. The highest BCUT2D eigenvalue weighted by Gasteiger charge is 2.36. The van der Waals surface area contributed by atoms with Crippen LogP contribution in [0.5, 0.6) is 0 Å². The Hall–Kier alpha value is -0.120. The normalized spacial score (nSPS) is 33.9. The van der Waals surface area contributed by atoms with E-state index in [0.29, 0.717) is 24.3 Å². The van der Waals surface area contributed by atoms with Crippen molar-refractivity contribution in [3.63, 3.8) is 0 Å². The molecule has 3 heteroatoms. The second-order valence-electron chi connectivity index (χ2n) is 5.39. The fraction of sp³-hybridized carbons (Fsp3) is 1.00. The summed E-state index contributed by atoms with van der Waals surface area (Å²) in [6.45, 7) is 10.3. The van der Waals surface area contributed by atoms with Crippen molar-refractivity contribution in [1.82, 2.24) is 10.2 Å². The number of ether oxygens (including phenoxy) is 1. The number of hydrogen-bond donors (Lipinski definition) is 1. The molecule has 0 radical (unpaired) electrons. The molecule has 2 saturated heterocycles. The van der Waals surface area contributed by atoms with E-state index in [-0.39, 0.29) is 0 Å². The minimum atomic E-state index is 0.513. The maximum absolute atomic E-state index is 5.88. The van der Waals surface area contributed by atoms with Crippen LogP contribution in [0.3, 0.4) is 0 Å². The van der Waals surface area contributed by atoms with Gasteiger partial charge in [0.1, 0.15) is 0 Å². The van der Waals surface area contributed by atoms with Gasteiger partial charge in [0.25, 0.3) is 0 Å². The van der Waals surface area contributed by atoms with E-state index in [1.54, 1.807) is 0 Å². The van der Waals surface area contributed by atoms with E-state index in [1.807, 2.05) is 0 Å². The molecule has 1 N–H and O–H groups in total. The lowest BCUT2D eigenvalue weighted by atomic mass is 10.1. The molecule has 4 atom stereocenters. The second-order valence-corrected chi connectivity index (χ2v) is 5.39. The summed E-state index contributed by atoms with van der Waals surface area (Å²) in [5, 5.41) is 3.60. The SMILES string of the molecule is CCCNC(C)C(C)N1CC2CCC(C1)O2. The topological polar surface area (TPSA) is 24.5 Å². The first kappa shape index (κ1) is 12.3. The summed E-state index contributed by atoms with van der Waals surface area (Å²) in [5.41, 5.74) is 0. The molecule has 0 aromatic heterocycles. The molecule has 0 aromatic rings. The number of nitrogens with zero attached hydrogens (tertiary/aromatic N) is 1. The van der Waals surface area contributed by atoms with Crippen molar-refractivity contribution in [2.75, 3.05) is 19.6 Å². The Morgan fingerprint density at radius 2 is 1.88 bits per heavy atom. The van der Waals surface area contributed by atoms with Crippen LogP contribution in [0.2, 0.25) is 0 Å². The molecule has 0 spiro atoms. The molecule has 3 nitrogen and oxygen atoms in total. The third-order valence-corrected chi connectivity index (χ3v) is 4.09. The zero-order chi connectivity index (χ0) is 11.5. The fourth-order valence-corrected chi connectivity index (χ4v) is 2.84. The van der Waals surface area contributed by atoms with Crippen molar-refractivity contribution in [1.29, 1.82) is 0 Å². The van der Waals surface area contributed by atoms with E-state index < -0.39 is 0 Å². The Balaban J connectivity index is 1.82. The molecule has 94 valence electrons. The van der Waals surface area contributed by atoms with Gasteiger partial charge in [0.15, 0.2) is 0 Å². The van der Waals surface area contributed by atoms with Crippen LogP contribution in [0, 0.1) is 0 Å². The van der Waals surface area contributed by atoms with Gasteiger partial charge in [-0.15, -0.1) is 0 Å². The van der Waals surface area contributed by atoms with Gasteiger partial charge in [-0.25, -0.2) is 0 Å². The highest BCUT2D eigenvalue weighted by molar-refractivity contribution is 4.89. The van der Waals surface area contributed by atoms with Crippen LogP contribution in [0.1, 0.15) is 40.0 Å². The number of hydrogen-bond acceptors (Lipinski definition) is 3. The smallest absolute Gasteiger partial charge is 0.0707 e. The lowest BCUT2D eigenvalue weighted by Gasteiger charge is -2.39. The van der Waals surface area contributed by atoms with Gasteiger partial charge < -0.3 is 10.1 Å². The van der Waals surface area contributed by atoms with Crippen LogP contribution in [0.15, 0.2) is 0 Å². The summed E-state index contributed by atoms with van der Waals surface area (Å²) >= 11 is 0. The summed E-state index contributed by atoms with van der Waals surface area (Å²) in [6, 6.07) is 1.20. The van der Waals surface area contributed by atoms with Gasteiger partial charge in [-0.3, -0.25) is 4.90 Å². The lowest BCUT2D eigenvalue weighted by molar-refractivity contribution is -0.0541. The van der Waals surface area contributed by atoms with Crippen LogP contribution in [-0.4, -0.2) is 48.8 Å². The first-order valence-electron chi connectivity index (χ1n) is 6.83.